The predicted molar refractivity (Wildman–Crippen MR) is 66.9 cm³/mol. The summed E-state index contributed by atoms with van der Waals surface area (Å²) in [5.41, 5.74) is 1.74. The lowest BCUT2D eigenvalue weighted by Crippen LogP contribution is -2.30. The van der Waals surface area contributed by atoms with Crippen LogP contribution >= 0.6 is 0 Å². The van der Waals surface area contributed by atoms with Gasteiger partial charge in [-0.25, -0.2) is 4.79 Å². The van der Waals surface area contributed by atoms with E-state index in [-0.39, 0.29) is 6.61 Å². The molecule has 18 heavy (non-hydrogen) atoms. The summed E-state index contributed by atoms with van der Waals surface area (Å²) in [7, 11) is 0. The van der Waals surface area contributed by atoms with E-state index in [0.717, 1.165) is 17.8 Å². The van der Waals surface area contributed by atoms with Crippen molar-refractivity contribution in [2.45, 2.75) is 33.3 Å². The smallest absolute Gasteiger partial charge is 0.336 e. The Morgan fingerprint density at radius 1 is 1.44 bits per heavy atom. The van der Waals surface area contributed by atoms with Gasteiger partial charge in [0, 0.05) is 12.3 Å². The maximum Gasteiger partial charge on any atom is 0.336 e. The van der Waals surface area contributed by atoms with Crippen LogP contribution in [0, 0.1) is 6.92 Å². The highest BCUT2D eigenvalue weighted by molar-refractivity contribution is 5.72. The Morgan fingerprint density at radius 3 is 2.72 bits per heavy atom. The molecule has 1 heterocycles. The number of rotatable bonds is 7. The molecule has 5 heteroatoms. The van der Waals surface area contributed by atoms with Crippen molar-refractivity contribution in [2.75, 3.05) is 13.2 Å². The molecule has 100 valence electrons. The van der Waals surface area contributed by atoms with Crippen LogP contribution in [0.5, 0.6) is 5.75 Å². The molecule has 1 aromatic heterocycles. The fourth-order valence-electron chi connectivity index (χ4n) is 1.54. The molecule has 0 aliphatic rings. The number of hydrogen-bond acceptors (Lipinski definition) is 4. The van der Waals surface area contributed by atoms with Crippen LogP contribution in [0.2, 0.25) is 0 Å². The number of hydrogen-bond donors (Lipinski definition) is 1. The molecule has 0 saturated carbocycles. The quantitative estimate of drug-likeness (QED) is 0.802. The molecule has 1 aromatic rings. The minimum absolute atomic E-state index is 0.0130. The van der Waals surface area contributed by atoms with Crippen molar-refractivity contribution in [3.05, 3.63) is 23.5 Å². The molecule has 1 rings (SSSR count). The van der Waals surface area contributed by atoms with Crippen molar-refractivity contribution in [2.24, 2.45) is 0 Å². The Kier molecular flexibility index (Phi) is 5.58. The molecule has 1 atom stereocenters. The molecule has 0 bridgehead atoms. The highest BCUT2D eigenvalue weighted by atomic mass is 16.5. The number of ether oxygens (including phenoxy) is 2. The van der Waals surface area contributed by atoms with Gasteiger partial charge in [0.05, 0.1) is 5.69 Å². The molecular formula is C13H19NO4. The molecule has 0 aromatic carbocycles. The molecule has 5 nitrogen and oxygen atoms in total. The van der Waals surface area contributed by atoms with Crippen LogP contribution in [0.15, 0.2) is 12.1 Å². The van der Waals surface area contributed by atoms with Crippen LogP contribution in [0.3, 0.4) is 0 Å². The maximum absolute atomic E-state index is 10.9. The van der Waals surface area contributed by atoms with Gasteiger partial charge in [0.2, 0.25) is 0 Å². The number of carboxylic acids is 1. The molecule has 1 N–H and O–H groups in total. The monoisotopic (exact) mass is 253 g/mol. The fraction of sp³-hybridized carbons (Fsp3) is 0.538. The van der Waals surface area contributed by atoms with Gasteiger partial charge in [-0.15, -0.1) is 0 Å². The summed E-state index contributed by atoms with van der Waals surface area (Å²) in [6.45, 7) is 5.96. The second-order valence-corrected chi connectivity index (χ2v) is 3.84. The number of carboxylic acid groups (broad SMARTS) is 1. The molecular weight excluding hydrogens is 234 g/mol. The first-order valence-electron chi connectivity index (χ1n) is 6.02. The van der Waals surface area contributed by atoms with Crippen molar-refractivity contribution in [3.8, 4) is 5.75 Å². The second-order valence-electron chi connectivity index (χ2n) is 3.84. The van der Waals surface area contributed by atoms with Gasteiger partial charge >= 0.3 is 5.97 Å². The van der Waals surface area contributed by atoms with E-state index in [1.54, 1.807) is 6.92 Å². The van der Waals surface area contributed by atoms with Gasteiger partial charge < -0.3 is 14.6 Å². The van der Waals surface area contributed by atoms with Crippen molar-refractivity contribution >= 4 is 5.97 Å². The molecule has 0 fully saturated rings. The normalized spacial score (nSPS) is 12.2. The summed E-state index contributed by atoms with van der Waals surface area (Å²) in [6.07, 6.45) is -0.204. The van der Waals surface area contributed by atoms with E-state index >= 15 is 0 Å². The Morgan fingerprint density at radius 2 is 2.17 bits per heavy atom. The number of aliphatic carboxylic acids is 1. The first-order valence-corrected chi connectivity index (χ1v) is 6.02. The standard InChI is InChI=1S/C13H19NO4/c1-4-10-11(7-6-9(3)14-10)18-8-12(13(15)16)17-5-2/h6-7,12H,4-5,8H2,1-3H3,(H,15,16). The number of aryl methyl sites for hydroxylation is 2. The third-order valence-corrected chi connectivity index (χ3v) is 2.44. The Labute approximate surface area is 107 Å². The van der Waals surface area contributed by atoms with Crippen molar-refractivity contribution in [3.63, 3.8) is 0 Å². The molecule has 1 unspecified atom stereocenters. The van der Waals surface area contributed by atoms with Gasteiger partial charge in [0.25, 0.3) is 0 Å². The van der Waals surface area contributed by atoms with Gasteiger partial charge in [0.1, 0.15) is 12.4 Å². The van der Waals surface area contributed by atoms with Crippen LogP contribution in [0.1, 0.15) is 25.2 Å². The first kappa shape index (κ1) is 14.4. The largest absolute Gasteiger partial charge is 0.488 e. The Hall–Kier alpha value is -1.62. The van der Waals surface area contributed by atoms with Crippen LogP contribution < -0.4 is 4.74 Å². The zero-order valence-corrected chi connectivity index (χ0v) is 11.0. The molecule has 0 aliphatic heterocycles. The lowest BCUT2D eigenvalue weighted by Gasteiger charge is -2.15. The third-order valence-electron chi connectivity index (χ3n) is 2.44. The van der Waals surface area contributed by atoms with Gasteiger partial charge in [0.15, 0.2) is 6.10 Å². The lowest BCUT2D eigenvalue weighted by atomic mass is 10.2. The van der Waals surface area contributed by atoms with E-state index in [9.17, 15) is 4.79 Å². The zero-order chi connectivity index (χ0) is 13.5. The van der Waals surface area contributed by atoms with Crippen LogP contribution in [-0.4, -0.2) is 35.4 Å². The highest BCUT2D eigenvalue weighted by Crippen LogP contribution is 2.17. The summed E-state index contributed by atoms with van der Waals surface area (Å²) in [4.78, 5) is 15.2. The number of aromatic nitrogens is 1. The first-order chi connectivity index (χ1) is 8.58. The summed E-state index contributed by atoms with van der Waals surface area (Å²) < 4.78 is 10.6. The van der Waals surface area contributed by atoms with E-state index in [1.165, 1.54) is 0 Å². The van der Waals surface area contributed by atoms with Crippen molar-refractivity contribution in [1.29, 1.82) is 0 Å². The van der Waals surface area contributed by atoms with Crippen molar-refractivity contribution < 1.29 is 19.4 Å². The average molecular weight is 253 g/mol. The topological polar surface area (TPSA) is 68.7 Å². The number of carbonyl (C=O) groups is 1. The molecule has 0 saturated heterocycles. The number of nitrogens with zero attached hydrogens (tertiary/aromatic N) is 1. The Balaban J connectivity index is 2.69. The predicted octanol–water partition coefficient (Wildman–Crippen LogP) is 1.82. The fourth-order valence-corrected chi connectivity index (χ4v) is 1.54. The molecule has 0 radical (unpaired) electrons. The van der Waals surface area contributed by atoms with E-state index in [1.807, 2.05) is 26.0 Å². The zero-order valence-electron chi connectivity index (χ0n) is 11.0. The molecule has 0 amide bonds. The van der Waals surface area contributed by atoms with Gasteiger partial charge in [-0.3, -0.25) is 4.98 Å². The van der Waals surface area contributed by atoms with E-state index in [4.69, 9.17) is 14.6 Å². The highest BCUT2D eigenvalue weighted by Gasteiger charge is 2.19. The Bertz CT molecular complexity index is 406. The molecule has 0 aliphatic carbocycles. The van der Waals surface area contributed by atoms with Gasteiger partial charge in [-0.1, -0.05) is 6.92 Å². The van der Waals surface area contributed by atoms with Crippen molar-refractivity contribution in [1.82, 2.24) is 4.98 Å². The minimum atomic E-state index is -1.02. The summed E-state index contributed by atoms with van der Waals surface area (Å²) in [6, 6.07) is 3.65. The average Bonchev–Trinajstić information content (AvgIpc) is 2.35. The molecule has 0 spiro atoms. The lowest BCUT2D eigenvalue weighted by molar-refractivity contribution is -0.152. The van der Waals surface area contributed by atoms with Crippen LogP contribution in [0.4, 0.5) is 0 Å². The second kappa shape index (κ2) is 6.96. The maximum atomic E-state index is 10.9. The van der Waals surface area contributed by atoms with E-state index in [2.05, 4.69) is 4.98 Å². The summed E-state index contributed by atoms with van der Waals surface area (Å²) in [5, 5.41) is 8.93. The minimum Gasteiger partial charge on any atom is -0.488 e. The van der Waals surface area contributed by atoms with Crippen LogP contribution in [0.25, 0.3) is 0 Å². The SMILES string of the molecule is CCOC(COc1ccc(C)nc1CC)C(=O)O. The van der Waals surface area contributed by atoms with Gasteiger partial charge in [-0.2, -0.15) is 0 Å². The van der Waals surface area contributed by atoms with Crippen LogP contribution in [-0.2, 0) is 16.0 Å². The third kappa shape index (κ3) is 4.00. The number of pyridine rings is 1. The summed E-state index contributed by atoms with van der Waals surface area (Å²) in [5.74, 6) is -0.399. The van der Waals surface area contributed by atoms with Gasteiger partial charge in [-0.05, 0) is 32.4 Å². The summed E-state index contributed by atoms with van der Waals surface area (Å²) >= 11 is 0. The van der Waals surface area contributed by atoms with E-state index < -0.39 is 12.1 Å². The van der Waals surface area contributed by atoms with E-state index in [0.29, 0.717) is 12.4 Å².